The maximum atomic E-state index is 13.6. The maximum Gasteiger partial charge on any atom is 0.586 e. The Bertz CT molecular complexity index is 1590. The Morgan fingerprint density at radius 1 is 0.921 bits per heavy atom. The number of ether oxygens (including phenoxy) is 2. The van der Waals surface area contributed by atoms with Crippen LogP contribution >= 0.6 is 0 Å². The molecule has 1 aromatic heterocycles. The van der Waals surface area contributed by atoms with Gasteiger partial charge in [0.05, 0.1) is 11.1 Å². The summed E-state index contributed by atoms with van der Waals surface area (Å²) in [7, 11) is 0. The van der Waals surface area contributed by atoms with Crippen LogP contribution in [0.25, 0.3) is 22.0 Å². The summed E-state index contributed by atoms with van der Waals surface area (Å²) in [6, 6.07) is 22.4. The van der Waals surface area contributed by atoms with Gasteiger partial charge in [0.1, 0.15) is 11.6 Å². The van der Waals surface area contributed by atoms with Gasteiger partial charge in [-0.15, -0.1) is 8.78 Å². The molecule has 2 heterocycles. The molecular weight excluding hydrogens is 488 g/mol. The first-order valence-electron chi connectivity index (χ1n) is 12.6. The first-order valence-corrected chi connectivity index (χ1v) is 12.6. The first-order chi connectivity index (χ1) is 18.2. The number of Topliss-reactive ketones (excluding diaryl/α,β-unsaturated/α-hetero) is 2. The lowest BCUT2D eigenvalue weighted by atomic mass is 9.88. The van der Waals surface area contributed by atoms with Crippen LogP contribution in [-0.4, -0.2) is 22.8 Å². The number of aromatic nitrogens is 1. The highest BCUT2D eigenvalue weighted by Crippen LogP contribution is 2.52. The van der Waals surface area contributed by atoms with E-state index in [1.54, 1.807) is 13.0 Å². The minimum Gasteiger partial charge on any atom is -0.395 e. The summed E-state index contributed by atoms with van der Waals surface area (Å²) < 4.78 is 36.1. The van der Waals surface area contributed by atoms with Gasteiger partial charge in [-0.3, -0.25) is 9.78 Å². The number of benzene rings is 3. The van der Waals surface area contributed by atoms with Crippen LogP contribution in [0, 0.1) is 0 Å². The highest BCUT2D eigenvalue weighted by molar-refractivity contribution is 5.98. The Hall–Kier alpha value is -4.13. The van der Waals surface area contributed by atoms with E-state index in [1.165, 1.54) is 12.1 Å². The Labute approximate surface area is 218 Å². The lowest BCUT2D eigenvalue weighted by molar-refractivity contribution is -0.286. The molecule has 0 atom stereocenters. The van der Waals surface area contributed by atoms with Crippen LogP contribution in [-0.2, 0) is 27.8 Å². The van der Waals surface area contributed by atoms with Crippen molar-refractivity contribution < 1.29 is 27.8 Å². The summed E-state index contributed by atoms with van der Waals surface area (Å²) in [5.41, 5.74) is 3.32. The van der Waals surface area contributed by atoms with Crippen LogP contribution in [0.4, 0.5) is 8.78 Å². The van der Waals surface area contributed by atoms with Crippen LogP contribution in [0.3, 0.4) is 0 Å². The number of fused-ring (bicyclic) bond motifs is 2. The van der Waals surface area contributed by atoms with Gasteiger partial charge in [0.15, 0.2) is 11.5 Å². The summed E-state index contributed by atoms with van der Waals surface area (Å²) in [6.07, 6.45) is -1.17. The molecule has 0 amide bonds. The van der Waals surface area contributed by atoms with E-state index in [0.29, 0.717) is 36.9 Å². The van der Waals surface area contributed by atoms with Crippen molar-refractivity contribution >= 4 is 22.3 Å². The molecule has 38 heavy (non-hydrogen) atoms. The van der Waals surface area contributed by atoms with Gasteiger partial charge < -0.3 is 14.3 Å². The number of nitrogens with zero attached hydrogens (tertiary/aromatic N) is 1. The predicted molar refractivity (Wildman–Crippen MR) is 138 cm³/mol. The summed E-state index contributed by atoms with van der Waals surface area (Å²) in [4.78, 5) is 30.0. The number of hydrogen-bond donors (Lipinski definition) is 0. The van der Waals surface area contributed by atoms with E-state index < -0.39 is 11.7 Å². The quantitative estimate of drug-likeness (QED) is 0.266. The van der Waals surface area contributed by atoms with Crippen molar-refractivity contribution in [3.63, 3.8) is 0 Å². The molecule has 3 aromatic carbocycles. The number of alkyl halides is 2. The lowest BCUT2D eigenvalue weighted by Gasteiger charge is -2.16. The first kappa shape index (κ1) is 24.2. The molecule has 0 N–H and O–H groups in total. The Morgan fingerprint density at radius 3 is 2.50 bits per heavy atom. The van der Waals surface area contributed by atoms with Crippen molar-refractivity contribution in [2.45, 2.75) is 50.7 Å². The second kappa shape index (κ2) is 9.01. The van der Waals surface area contributed by atoms with Crippen molar-refractivity contribution in [3.8, 4) is 22.8 Å². The maximum absolute atomic E-state index is 13.6. The standard InChI is InChI=1S/C31H25F2NO4/c1-19(35)9-10-20-5-4-7-22(15-20)29-25-8-3-2-6-21(25)16-24(34-29)18-28(36)30(13-14-30)23-11-12-26-27(17-23)38-31(32,33)37-26/h2-8,11-12,15-17H,9-10,13-14,18H2,1H3. The zero-order chi connectivity index (χ0) is 26.5. The Morgan fingerprint density at radius 2 is 1.71 bits per heavy atom. The fraction of sp³-hybridized carbons (Fsp3) is 0.258. The van der Waals surface area contributed by atoms with Crippen LogP contribution in [0.5, 0.6) is 11.5 Å². The fourth-order valence-electron chi connectivity index (χ4n) is 5.19. The number of aryl methyl sites for hydroxylation is 1. The van der Waals surface area contributed by atoms with Gasteiger partial charge in [-0.2, -0.15) is 0 Å². The molecule has 6 rings (SSSR count). The van der Waals surface area contributed by atoms with E-state index in [2.05, 4.69) is 9.47 Å². The summed E-state index contributed by atoms with van der Waals surface area (Å²) in [5, 5.41) is 1.95. The second-order valence-corrected chi connectivity index (χ2v) is 10.1. The number of halogens is 2. The number of pyridine rings is 1. The van der Waals surface area contributed by atoms with E-state index in [4.69, 9.17) is 4.98 Å². The SMILES string of the molecule is CC(=O)CCc1cccc(-c2nc(CC(=O)C3(c4ccc5c(c4)OC(F)(F)O5)CC3)cc3ccccc23)c1. The number of ketones is 2. The summed E-state index contributed by atoms with van der Waals surface area (Å²) in [6.45, 7) is 1.59. The van der Waals surface area contributed by atoms with E-state index >= 15 is 0 Å². The molecule has 0 spiro atoms. The average Bonchev–Trinajstić information content (AvgIpc) is 3.64. The van der Waals surface area contributed by atoms with Crippen molar-refractivity contribution in [1.82, 2.24) is 4.98 Å². The van der Waals surface area contributed by atoms with Crippen LogP contribution < -0.4 is 9.47 Å². The van der Waals surface area contributed by atoms with Crippen LogP contribution in [0.15, 0.2) is 72.8 Å². The zero-order valence-corrected chi connectivity index (χ0v) is 20.8. The van der Waals surface area contributed by atoms with Gasteiger partial charge in [0, 0.05) is 29.5 Å². The molecule has 0 radical (unpaired) electrons. The molecule has 4 aromatic rings. The van der Waals surface area contributed by atoms with Crippen LogP contribution in [0.1, 0.15) is 43.0 Å². The third kappa shape index (κ3) is 4.53. The largest absolute Gasteiger partial charge is 0.586 e. The van der Waals surface area contributed by atoms with Gasteiger partial charge in [0.25, 0.3) is 0 Å². The molecule has 2 aliphatic rings. The molecule has 5 nitrogen and oxygen atoms in total. The average molecular weight is 514 g/mol. The minimum absolute atomic E-state index is 0.00735. The molecular formula is C31H25F2NO4. The topological polar surface area (TPSA) is 65.5 Å². The highest BCUT2D eigenvalue weighted by Gasteiger charge is 2.52. The van der Waals surface area contributed by atoms with E-state index in [1.807, 2.05) is 54.6 Å². The van der Waals surface area contributed by atoms with Gasteiger partial charge in [-0.25, -0.2) is 0 Å². The zero-order valence-electron chi connectivity index (χ0n) is 20.8. The molecule has 0 saturated heterocycles. The Kier molecular flexibility index (Phi) is 5.74. The molecule has 0 unspecified atom stereocenters. The van der Waals surface area contributed by atoms with Gasteiger partial charge >= 0.3 is 6.29 Å². The molecule has 1 fully saturated rings. The summed E-state index contributed by atoms with van der Waals surface area (Å²) >= 11 is 0. The van der Waals surface area contributed by atoms with E-state index in [-0.39, 0.29) is 29.5 Å². The monoisotopic (exact) mass is 513 g/mol. The normalized spacial score (nSPS) is 16.4. The number of carbonyl (C=O) groups excluding carboxylic acids is 2. The van der Waals surface area contributed by atoms with E-state index in [0.717, 1.165) is 27.6 Å². The number of hydrogen-bond acceptors (Lipinski definition) is 5. The van der Waals surface area contributed by atoms with Crippen LogP contribution in [0.2, 0.25) is 0 Å². The third-order valence-corrected chi connectivity index (χ3v) is 7.34. The Balaban J connectivity index is 1.32. The third-order valence-electron chi connectivity index (χ3n) is 7.34. The molecule has 192 valence electrons. The highest BCUT2D eigenvalue weighted by atomic mass is 19.3. The molecule has 1 aliphatic carbocycles. The molecule has 7 heteroatoms. The lowest BCUT2D eigenvalue weighted by Crippen LogP contribution is -2.26. The second-order valence-electron chi connectivity index (χ2n) is 10.1. The summed E-state index contributed by atoms with van der Waals surface area (Å²) in [5.74, 6) is 0.0486. The van der Waals surface area contributed by atoms with Crippen molar-refractivity contribution in [1.29, 1.82) is 0 Å². The fourth-order valence-corrected chi connectivity index (χ4v) is 5.19. The number of carbonyl (C=O) groups is 2. The smallest absolute Gasteiger partial charge is 0.395 e. The number of rotatable bonds is 8. The molecule has 1 aliphatic heterocycles. The van der Waals surface area contributed by atoms with Crippen molar-refractivity contribution in [3.05, 3.63) is 89.6 Å². The van der Waals surface area contributed by atoms with Crippen molar-refractivity contribution in [2.24, 2.45) is 0 Å². The molecule has 0 bridgehead atoms. The van der Waals surface area contributed by atoms with Crippen molar-refractivity contribution in [2.75, 3.05) is 0 Å². The van der Waals surface area contributed by atoms with Gasteiger partial charge in [0.2, 0.25) is 0 Å². The minimum atomic E-state index is -3.70. The van der Waals surface area contributed by atoms with E-state index in [9.17, 15) is 18.4 Å². The molecule has 1 saturated carbocycles. The van der Waals surface area contributed by atoms with Gasteiger partial charge in [-0.05, 0) is 67.0 Å². The van der Waals surface area contributed by atoms with Gasteiger partial charge in [-0.1, -0.05) is 48.5 Å². The predicted octanol–water partition coefficient (Wildman–Crippen LogP) is 6.59.